The zero-order chi connectivity index (χ0) is 20.2. The fourth-order valence-electron chi connectivity index (χ4n) is 4.13. The van der Waals surface area contributed by atoms with Crippen LogP contribution in [0.25, 0.3) is 33.7 Å². The van der Waals surface area contributed by atoms with Crippen LogP contribution in [-0.4, -0.2) is 49.0 Å². The number of aromatic nitrogens is 4. The van der Waals surface area contributed by atoms with Gasteiger partial charge in [-0.1, -0.05) is 18.2 Å². The van der Waals surface area contributed by atoms with E-state index in [-0.39, 0.29) is 5.91 Å². The van der Waals surface area contributed by atoms with Gasteiger partial charge in [0.2, 0.25) is 0 Å². The minimum atomic E-state index is -1.47. The van der Waals surface area contributed by atoms with Crippen molar-refractivity contribution in [3.63, 3.8) is 0 Å². The first-order valence-electron chi connectivity index (χ1n) is 9.52. The molecule has 0 spiro atoms. The minimum absolute atomic E-state index is 0.263. The third-order valence-electron chi connectivity index (χ3n) is 5.82. The molecule has 4 aromatic rings. The summed E-state index contributed by atoms with van der Waals surface area (Å²) < 4.78 is 2.02. The van der Waals surface area contributed by atoms with Gasteiger partial charge in [-0.05, 0) is 23.8 Å². The van der Waals surface area contributed by atoms with E-state index in [4.69, 9.17) is 0 Å². The van der Waals surface area contributed by atoms with Crippen molar-refractivity contribution in [2.24, 2.45) is 7.05 Å². The average molecular weight is 387 g/mol. The molecule has 3 aromatic heterocycles. The predicted octanol–water partition coefficient (Wildman–Crippen LogP) is 2.68. The van der Waals surface area contributed by atoms with Gasteiger partial charge in [-0.25, -0.2) is 9.97 Å². The fraction of sp³-hybridized carbons (Fsp3) is 0.227. The van der Waals surface area contributed by atoms with Crippen molar-refractivity contribution in [3.05, 3.63) is 60.6 Å². The number of imidazole rings is 1. The summed E-state index contributed by atoms with van der Waals surface area (Å²) in [4.78, 5) is 26.2. The second-order valence-electron chi connectivity index (χ2n) is 7.55. The van der Waals surface area contributed by atoms with Gasteiger partial charge < -0.3 is 19.6 Å². The summed E-state index contributed by atoms with van der Waals surface area (Å²) in [5.41, 5.74) is 2.80. The van der Waals surface area contributed by atoms with Crippen molar-refractivity contribution < 1.29 is 9.90 Å². The number of carbonyl (C=O) groups excluding carboxylic acids is 1. The lowest BCUT2D eigenvalue weighted by molar-refractivity contribution is -0.143. The van der Waals surface area contributed by atoms with Crippen molar-refractivity contribution in [2.75, 3.05) is 13.6 Å². The molecule has 1 aliphatic rings. The third-order valence-corrected chi connectivity index (χ3v) is 5.82. The number of aliphatic hydroxyl groups is 1. The van der Waals surface area contributed by atoms with Crippen molar-refractivity contribution in [1.82, 2.24) is 24.4 Å². The first-order valence-corrected chi connectivity index (χ1v) is 9.52. The highest BCUT2D eigenvalue weighted by atomic mass is 16.3. The van der Waals surface area contributed by atoms with Gasteiger partial charge in [0.1, 0.15) is 11.5 Å². The molecular weight excluding hydrogens is 366 g/mol. The number of hydrogen-bond donors (Lipinski definition) is 2. The highest BCUT2D eigenvalue weighted by Gasteiger charge is 2.45. The number of rotatable bonds is 3. The zero-order valence-corrected chi connectivity index (χ0v) is 16.3. The maximum Gasteiger partial charge on any atom is 0.258 e. The van der Waals surface area contributed by atoms with Crippen molar-refractivity contribution in [1.29, 1.82) is 0 Å². The standard InChI is InChI=1S/C22H21N5O2/c1-26-10-8-22(29,21(26)28)15-6-3-5-14(11-15)20-25-13-18(27(20)2)17-12-24-19-16(17)7-4-9-23-19/h3-7,9,11-13,29H,8,10H2,1-2H3,(H,23,24). The number of hydrogen-bond acceptors (Lipinski definition) is 4. The highest BCUT2D eigenvalue weighted by Crippen LogP contribution is 2.35. The van der Waals surface area contributed by atoms with Crippen LogP contribution in [0.2, 0.25) is 0 Å². The summed E-state index contributed by atoms with van der Waals surface area (Å²) >= 11 is 0. The van der Waals surface area contributed by atoms with E-state index in [0.29, 0.717) is 18.5 Å². The molecule has 5 rings (SSSR count). The molecule has 1 fully saturated rings. The Morgan fingerprint density at radius 2 is 2.03 bits per heavy atom. The highest BCUT2D eigenvalue weighted by molar-refractivity contribution is 5.93. The van der Waals surface area contributed by atoms with Crippen LogP contribution in [0.15, 0.2) is 55.0 Å². The summed E-state index contributed by atoms with van der Waals surface area (Å²) in [6.07, 6.45) is 5.92. The van der Waals surface area contributed by atoms with Crippen molar-refractivity contribution in [2.45, 2.75) is 12.0 Å². The number of H-pyrrole nitrogens is 1. The van der Waals surface area contributed by atoms with Crippen LogP contribution >= 0.6 is 0 Å². The number of benzene rings is 1. The number of fused-ring (bicyclic) bond motifs is 1. The van der Waals surface area contributed by atoms with E-state index in [2.05, 4.69) is 15.0 Å². The van der Waals surface area contributed by atoms with E-state index < -0.39 is 5.60 Å². The Morgan fingerprint density at radius 1 is 1.17 bits per heavy atom. The van der Waals surface area contributed by atoms with E-state index in [0.717, 1.165) is 33.7 Å². The predicted molar refractivity (Wildman–Crippen MR) is 110 cm³/mol. The molecule has 1 aliphatic heterocycles. The van der Waals surface area contributed by atoms with E-state index in [1.54, 1.807) is 24.2 Å². The molecule has 0 radical (unpaired) electrons. The summed E-state index contributed by atoms with van der Waals surface area (Å²) in [7, 11) is 3.67. The molecule has 1 amide bonds. The van der Waals surface area contributed by atoms with Gasteiger partial charge in [0.25, 0.3) is 5.91 Å². The largest absolute Gasteiger partial charge is 0.375 e. The number of likely N-dealkylation sites (N-methyl/N-ethyl adjacent to an activating group) is 1. The van der Waals surface area contributed by atoms with Crippen LogP contribution in [0.3, 0.4) is 0 Å². The number of nitrogens with zero attached hydrogens (tertiary/aromatic N) is 4. The lowest BCUT2D eigenvalue weighted by Gasteiger charge is -2.21. The average Bonchev–Trinajstić information content (AvgIpc) is 3.41. The summed E-state index contributed by atoms with van der Waals surface area (Å²) in [6.45, 7) is 0.542. The zero-order valence-electron chi connectivity index (χ0n) is 16.3. The van der Waals surface area contributed by atoms with Crippen LogP contribution in [0.5, 0.6) is 0 Å². The van der Waals surface area contributed by atoms with E-state index >= 15 is 0 Å². The monoisotopic (exact) mass is 387 g/mol. The number of likely N-dealkylation sites (tertiary alicyclic amines) is 1. The Balaban J connectivity index is 1.58. The molecule has 0 aliphatic carbocycles. The van der Waals surface area contributed by atoms with Gasteiger partial charge in [-0.2, -0.15) is 0 Å². The molecule has 4 heterocycles. The van der Waals surface area contributed by atoms with Crippen LogP contribution in [0.4, 0.5) is 0 Å². The van der Waals surface area contributed by atoms with Gasteiger partial charge in [-0.3, -0.25) is 4.79 Å². The molecule has 29 heavy (non-hydrogen) atoms. The molecule has 1 aromatic carbocycles. The molecule has 0 bridgehead atoms. The number of aromatic amines is 1. The molecule has 146 valence electrons. The van der Waals surface area contributed by atoms with E-state index in [9.17, 15) is 9.90 Å². The van der Waals surface area contributed by atoms with Crippen molar-refractivity contribution in [3.8, 4) is 22.6 Å². The van der Waals surface area contributed by atoms with Gasteiger partial charge >= 0.3 is 0 Å². The second kappa shape index (κ2) is 6.28. The summed E-state index contributed by atoms with van der Waals surface area (Å²) in [6, 6.07) is 11.4. The first-order chi connectivity index (χ1) is 14.0. The van der Waals surface area contributed by atoms with Crippen LogP contribution < -0.4 is 0 Å². The van der Waals surface area contributed by atoms with E-state index in [1.807, 2.05) is 54.3 Å². The third kappa shape index (κ3) is 2.58. The fourth-order valence-corrected chi connectivity index (χ4v) is 4.13. The summed E-state index contributed by atoms with van der Waals surface area (Å²) in [5, 5.41) is 12.0. The Bertz CT molecular complexity index is 1240. The Kier molecular flexibility index (Phi) is 3.82. The van der Waals surface area contributed by atoms with Gasteiger partial charge in [-0.15, -0.1) is 0 Å². The smallest absolute Gasteiger partial charge is 0.258 e. The molecular formula is C22H21N5O2. The summed E-state index contributed by atoms with van der Waals surface area (Å²) in [5.74, 6) is 0.504. The van der Waals surface area contributed by atoms with Crippen LogP contribution in [0, 0.1) is 0 Å². The molecule has 2 N–H and O–H groups in total. The number of amides is 1. The van der Waals surface area contributed by atoms with Gasteiger partial charge in [0.05, 0.1) is 11.9 Å². The lowest BCUT2D eigenvalue weighted by Crippen LogP contribution is -2.36. The topological polar surface area (TPSA) is 87.0 Å². The SMILES string of the molecule is CN1CCC(O)(c2cccc(-c3ncc(-c4c[nH]c5ncccc45)n3C)c2)C1=O. The Morgan fingerprint density at radius 3 is 2.83 bits per heavy atom. The molecule has 0 saturated carbocycles. The van der Waals surface area contributed by atoms with Crippen LogP contribution in [-0.2, 0) is 17.4 Å². The Labute approximate surface area is 167 Å². The van der Waals surface area contributed by atoms with Gasteiger partial charge in [0, 0.05) is 56.0 Å². The maximum atomic E-state index is 12.5. The van der Waals surface area contributed by atoms with Gasteiger partial charge in [0.15, 0.2) is 5.60 Å². The minimum Gasteiger partial charge on any atom is -0.375 e. The molecule has 7 heteroatoms. The lowest BCUT2D eigenvalue weighted by atomic mass is 9.91. The van der Waals surface area contributed by atoms with E-state index in [1.165, 1.54) is 0 Å². The van der Waals surface area contributed by atoms with Crippen molar-refractivity contribution >= 4 is 16.9 Å². The molecule has 7 nitrogen and oxygen atoms in total. The Hall–Kier alpha value is -3.45. The number of pyridine rings is 1. The number of nitrogens with one attached hydrogen (secondary N) is 1. The first kappa shape index (κ1) is 17.6. The quantitative estimate of drug-likeness (QED) is 0.566. The molecule has 1 atom stereocenters. The van der Waals surface area contributed by atoms with Crippen LogP contribution in [0.1, 0.15) is 12.0 Å². The molecule has 1 unspecified atom stereocenters. The molecule has 1 saturated heterocycles. The normalized spacial score (nSPS) is 19.4. The second-order valence-corrected chi connectivity index (χ2v) is 7.55. The maximum absolute atomic E-state index is 12.5. The number of carbonyl (C=O) groups is 1.